The summed E-state index contributed by atoms with van der Waals surface area (Å²) in [5.74, 6) is 0. The standard InChI is InChI=1S/C12H19Si/c1-12(2,3)10-13(4)11-8-6-5-7-9-11/h5-9H,10H2,1-4H3. The third-order valence-electron chi connectivity index (χ3n) is 2.06. The van der Waals surface area contributed by atoms with E-state index in [0.717, 1.165) is 0 Å². The Labute approximate surface area is 83.6 Å². The molecule has 0 aliphatic heterocycles. The highest BCUT2D eigenvalue weighted by atomic mass is 28.3. The van der Waals surface area contributed by atoms with Crippen molar-refractivity contribution < 1.29 is 0 Å². The quantitative estimate of drug-likeness (QED) is 0.630. The van der Waals surface area contributed by atoms with Crippen molar-refractivity contribution in [3.8, 4) is 0 Å². The maximum Gasteiger partial charge on any atom is 0.0829 e. The number of hydrogen-bond donors (Lipinski definition) is 0. The molecule has 0 nitrogen and oxygen atoms in total. The van der Waals surface area contributed by atoms with Crippen LogP contribution < -0.4 is 5.19 Å². The van der Waals surface area contributed by atoms with Gasteiger partial charge in [0.2, 0.25) is 0 Å². The monoisotopic (exact) mass is 191 g/mol. The Hall–Kier alpha value is -0.563. The molecule has 0 saturated carbocycles. The first kappa shape index (κ1) is 10.5. The number of rotatable bonds is 2. The third-order valence-corrected chi connectivity index (χ3v) is 4.97. The van der Waals surface area contributed by atoms with Crippen LogP contribution >= 0.6 is 0 Å². The van der Waals surface area contributed by atoms with Crippen molar-refractivity contribution in [2.45, 2.75) is 33.4 Å². The minimum Gasteiger partial charge on any atom is -0.0669 e. The van der Waals surface area contributed by atoms with E-state index in [2.05, 4.69) is 57.7 Å². The average molecular weight is 191 g/mol. The molecule has 1 aromatic carbocycles. The summed E-state index contributed by atoms with van der Waals surface area (Å²) in [6.07, 6.45) is 0. The molecule has 0 saturated heterocycles. The second-order valence-corrected chi connectivity index (χ2v) is 7.38. The molecular formula is C12H19Si. The van der Waals surface area contributed by atoms with Gasteiger partial charge in [-0.2, -0.15) is 0 Å². The highest BCUT2D eigenvalue weighted by Gasteiger charge is 2.17. The van der Waals surface area contributed by atoms with Gasteiger partial charge in [-0.3, -0.25) is 0 Å². The van der Waals surface area contributed by atoms with Crippen LogP contribution in [-0.2, 0) is 0 Å². The lowest BCUT2D eigenvalue weighted by atomic mass is 10.0. The van der Waals surface area contributed by atoms with Crippen molar-refractivity contribution in [3.05, 3.63) is 30.3 Å². The molecule has 0 aromatic heterocycles. The molecule has 0 heterocycles. The molecule has 0 aliphatic rings. The Bertz CT molecular complexity index is 246. The molecule has 0 bridgehead atoms. The van der Waals surface area contributed by atoms with E-state index in [4.69, 9.17) is 0 Å². The summed E-state index contributed by atoms with van der Waals surface area (Å²) < 4.78 is 0. The summed E-state index contributed by atoms with van der Waals surface area (Å²) >= 11 is 0. The minimum absolute atomic E-state index is 0.325. The predicted octanol–water partition coefficient (Wildman–Crippen LogP) is 3.06. The van der Waals surface area contributed by atoms with Crippen molar-refractivity contribution in [2.24, 2.45) is 5.41 Å². The Morgan fingerprint density at radius 2 is 1.62 bits per heavy atom. The van der Waals surface area contributed by atoms with Crippen LogP contribution in [0.3, 0.4) is 0 Å². The zero-order valence-electron chi connectivity index (χ0n) is 9.09. The molecule has 71 valence electrons. The molecule has 0 atom stereocenters. The van der Waals surface area contributed by atoms with Gasteiger partial charge in [0, 0.05) is 0 Å². The average Bonchev–Trinajstić information content (AvgIpc) is 2.03. The van der Waals surface area contributed by atoms with Crippen molar-refractivity contribution in [3.63, 3.8) is 0 Å². The van der Waals surface area contributed by atoms with Gasteiger partial charge in [-0.05, 0) is 5.41 Å². The number of hydrogen-bond acceptors (Lipinski definition) is 0. The zero-order chi connectivity index (χ0) is 9.90. The molecule has 1 rings (SSSR count). The second kappa shape index (κ2) is 4.10. The fraction of sp³-hybridized carbons (Fsp3) is 0.500. The summed E-state index contributed by atoms with van der Waals surface area (Å²) in [4.78, 5) is 0. The van der Waals surface area contributed by atoms with E-state index in [-0.39, 0.29) is 8.80 Å². The Morgan fingerprint density at radius 3 is 2.08 bits per heavy atom. The lowest BCUT2D eigenvalue weighted by Gasteiger charge is -2.22. The van der Waals surface area contributed by atoms with E-state index in [0.29, 0.717) is 5.41 Å². The van der Waals surface area contributed by atoms with Gasteiger partial charge in [-0.1, -0.05) is 68.9 Å². The van der Waals surface area contributed by atoms with E-state index >= 15 is 0 Å². The fourth-order valence-corrected chi connectivity index (χ4v) is 4.18. The van der Waals surface area contributed by atoms with Crippen molar-refractivity contribution in [2.75, 3.05) is 0 Å². The molecule has 1 aromatic rings. The van der Waals surface area contributed by atoms with Gasteiger partial charge in [0.1, 0.15) is 0 Å². The Morgan fingerprint density at radius 1 is 1.08 bits per heavy atom. The molecule has 0 N–H and O–H groups in total. The van der Waals surface area contributed by atoms with Gasteiger partial charge in [0.15, 0.2) is 0 Å². The molecular weight excluding hydrogens is 172 g/mol. The van der Waals surface area contributed by atoms with E-state index in [1.165, 1.54) is 6.04 Å². The highest BCUT2D eigenvalue weighted by Crippen LogP contribution is 2.21. The van der Waals surface area contributed by atoms with Gasteiger partial charge in [0.05, 0.1) is 8.80 Å². The van der Waals surface area contributed by atoms with Crippen LogP contribution in [0.1, 0.15) is 20.8 Å². The summed E-state index contributed by atoms with van der Waals surface area (Å²) in [7, 11) is -0.325. The van der Waals surface area contributed by atoms with Gasteiger partial charge in [-0.25, -0.2) is 0 Å². The largest absolute Gasteiger partial charge is 0.0829 e. The topological polar surface area (TPSA) is 0 Å². The lowest BCUT2D eigenvalue weighted by molar-refractivity contribution is 0.465. The molecule has 1 radical (unpaired) electrons. The normalized spacial score (nSPS) is 12.1. The summed E-state index contributed by atoms with van der Waals surface area (Å²) in [6.45, 7) is 9.38. The smallest absolute Gasteiger partial charge is 0.0669 e. The first-order chi connectivity index (χ1) is 5.99. The van der Waals surface area contributed by atoms with Crippen molar-refractivity contribution in [1.82, 2.24) is 0 Å². The van der Waals surface area contributed by atoms with Crippen molar-refractivity contribution in [1.29, 1.82) is 0 Å². The summed E-state index contributed by atoms with van der Waals surface area (Å²) in [5.41, 5.74) is 0.471. The lowest BCUT2D eigenvalue weighted by Crippen LogP contribution is -2.30. The van der Waals surface area contributed by atoms with E-state index in [9.17, 15) is 0 Å². The van der Waals surface area contributed by atoms with Crippen LogP contribution in [0.2, 0.25) is 12.6 Å². The Kier molecular flexibility index (Phi) is 3.31. The van der Waals surface area contributed by atoms with Crippen LogP contribution in [0.15, 0.2) is 30.3 Å². The summed E-state index contributed by atoms with van der Waals surface area (Å²) in [5, 5.41) is 1.56. The van der Waals surface area contributed by atoms with Crippen molar-refractivity contribution >= 4 is 14.0 Å². The molecule has 13 heavy (non-hydrogen) atoms. The summed E-state index contributed by atoms with van der Waals surface area (Å²) in [6, 6.07) is 12.3. The van der Waals surface area contributed by atoms with Gasteiger partial charge < -0.3 is 0 Å². The molecule has 0 spiro atoms. The maximum atomic E-state index is 2.41. The molecule has 1 heteroatoms. The van der Waals surface area contributed by atoms with Gasteiger partial charge in [-0.15, -0.1) is 0 Å². The zero-order valence-corrected chi connectivity index (χ0v) is 10.1. The molecule has 0 fully saturated rings. The minimum atomic E-state index is -0.325. The van der Waals surface area contributed by atoms with Gasteiger partial charge >= 0.3 is 0 Å². The van der Waals surface area contributed by atoms with E-state index in [1.807, 2.05) is 0 Å². The van der Waals surface area contributed by atoms with Crippen LogP contribution in [0, 0.1) is 5.41 Å². The predicted molar refractivity (Wildman–Crippen MR) is 62.0 cm³/mol. The number of benzene rings is 1. The SMILES string of the molecule is C[Si](CC(C)(C)C)c1ccccc1. The first-order valence-corrected chi connectivity index (χ1v) is 7.07. The van der Waals surface area contributed by atoms with E-state index in [1.54, 1.807) is 5.19 Å². The van der Waals surface area contributed by atoms with Crippen LogP contribution in [-0.4, -0.2) is 8.80 Å². The van der Waals surface area contributed by atoms with Gasteiger partial charge in [0.25, 0.3) is 0 Å². The maximum absolute atomic E-state index is 2.41. The van der Waals surface area contributed by atoms with Crippen LogP contribution in [0.4, 0.5) is 0 Å². The second-order valence-electron chi connectivity index (χ2n) is 4.88. The molecule has 0 amide bonds. The fourth-order valence-electron chi connectivity index (χ4n) is 1.62. The van der Waals surface area contributed by atoms with Crippen LogP contribution in [0.25, 0.3) is 0 Å². The first-order valence-electron chi connectivity index (χ1n) is 4.87. The van der Waals surface area contributed by atoms with E-state index < -0.39 is 0 Å². The highest BCUT2D eigenvalue weighted by molar-refractivity contribution is 6.72. The molecule has 0 aliphatic carbocycles. The van der Waals surface area contributed by atoms with Crippen LogP contribution in [0.5, 0.6) is 0 Å². The third kappa shape index (κ3) is 3.77. The molecule has 0 unspecified atom stereocenters. The Balaban J connectivity index is 2.64.